The van der Waals surface area contributed by atoms with E-state index in [1.165, 1.54) is 10.3 Å². The molecule has 0 aliphatic carbocycles. The van der Waals surface area contributed by atoms with Crippen molar-refractivity contribution < 1.29 is 0 Å². The summed E-state index contributed by atoms with van der Waals surface area (Å²) in [6, 6.07) is 8.65. The van der Waals surface area contributed by atoms with Crippen molar-refractivity contribution in [1.29, 1.82) is 5.26 Å². The van der Waals surface area contributed by atoms with Crippen LogP contribution in [0.15, 0.2) is 18.2 Å². The number of nitrogens with zero attached hydrogens (tertiary/aromatic N) is 2. The van der Waals surface area contributed by atoms with Crippen LogP contribution in [0.4, 0.5) is 0 Å². The Labute approximate surface area is 99.6 Å². The summed E-state index contributed by atoms with van der Waals surface area (Å²) in [5, 5.41) is 10.0. The molecule has 0 aliphatic rings. The molecule has 16 heavy (non-hydrogen) atoms. The fraction of sp³-hybridized carbons (Fsp3) is 0.385. The van der Waals surface area contributed by atoms with E-state index < -0.39 is 0 Å². The van der Waals surface area contributed by atoms with Gasteiger partial charge in [0.25, 0.3) is 0 Å². The molecule has 1 aromatic heterocycles. The summed E-state index contributed by atoms with van der Waals surface area (Å²) < 4.78 is 1.22. The van der Waals surface area contributed by atoms with Crippen molar-refractivity contribution in [2.45, 2.75) is 26.7 Å². The highest BCUT2D eigenvalue weighted by Gasteiger charge is 2.07. The Bertz CT molecular complexity index is 536. The molecule has 0 saturated heterocycles. The summed E-state index contributed by atoms with van der Waals surface area (Å²) in [6.45, 7) is 4.08. The van der Waals surface area contributed by atoms with E-state index in [4.69, 9.17) is 5.26 Å². The van der Waals surface area contributed by atoms with Crippen LogP contribution in [-0.4, -0.2) is 4.98 Å². The van der Waals surface area contributed by atoms with Crippen LogP contribution in [0.5, 0.6) is 0 Å². The van der Waals surface area contributed by atoms with Crippen molar-refractivity contribution in [3.8, 4) is 6.07 Å². The molecule has 1 unspecified atom stereocenters. The maximum absolute atomic E-state index is 8.94. The summed E-state index contributed by atoms with van der Waals surface area (Å²) in [5.41, 5.74) is 2.31. The third-order valence-corrected chi connectivity index (χ3v) is 3.65. The maximum atomic E-state index is 8.94. The van der Waals surface area contributed by atoms with E-state index in [0.29, 0.717) is 0 Å². The van der Waals surface area contributed by atoms with Gasteiger partial charge in [-0.05, 0) is 37.5 Å². The number of thiazole rings is 1. The minimum atomic E-state index is 0.131. The first kappa shape index (κ1) is 11.1. The molecule has 1 atom stereocenters. The van der Waals surface area contributed by atoms with Gasteiger partial charge in [0.2, 0.25) is 0 Å². The van der Waals surface area contributed by atoms with Crippen LogP contribution in [0.2, 0.25) is 0 Å². The number of aryl methyl sites for hydroxylation is 1. The Balaban J connectivity index is 2.29. The molecule has 1 aromatic carbocycles. The minimum absolute atomic E-state index is 0.131. The summed E-state index contributed by atoms with van der Waals surface area (Å²) in [4.78, 5) is 4.43. The van der Waals surface area contributed by atoms with Crippen LogP contribution in [-0.2, 0) is 6.42 Å². The molecule has 2 nitrogen and oxygen atoms in total. The highest BCUT2D eigenvalue weighted by Crippen LogP contribution is 2.24. The van der Waals surface area contributed by atoms with Gasteiger partial charge < -0.3 is 0 Å². The van der Waals surface area contributed by atoms with Gasteiger partial charge >= 0.3 is 0 Å². The standard InChI is InChI=1S/C13H14N2S/c1-3-10(8-14)6-11-4-5-12-13(7-11)16-9(2)15-12/h4-5,7,10H,3,6H2,1-2H3. The highest BCUT2D eigenvalue weighted by atomic mass is 32.1. The lowest BCUT2D eigenvalue weighted by Gasteiger charge is -2.05. The van der Waals surface area contributed by atoms with Crippen LogP contribution < -0.4 is 0 Å². The van der Waals surface area contributed by atoms with E-state index in [0.717, 1.165) is 23.4 Å². The first-order chi connectivity index (χ1) is 7.72. The quantitative estimate of drug-likeness (QED) is 0.806. The van der Waals surface area contributed by atoms with E-state index in [-0.39, 0.29) is 5.92 Å². The van der Waals surface area contributed by atoms with Crippen LogP contribution in [0.3, 0.4) is 0 Å². The first-order valence-electron chi connectivity index (χ1n) is 5.48. The topological polar surface area (TPSA) is 36.7 Å². The molecule has 1 heterocycles. The lowest BCUT2D eigenvalue weighted by atomic mass is 9.98. The minimum Gasteiger partial charge on any atom is -0.242 e. The number of nitriles is 1. The Hall–Kier alpha value is -1.40. The highest BCUT2D eigenvalue weighted by molar-refractivity contribution is 7.18. The van der Waals surface area contributed by atoms with Gasteiger partial charge in [-0.3, -0.25) is 0 Å². The molecule has 0 saturated carbocycles. The number of hydrogen-bond acceptors (Lipinski definition) is 3. The fourth-order valence-corrected chi connectivity index (χ4v) is 2.67. The lowest BCUT2D eigenvalue weighted by Crippen LogP contribution is -1.99. The van der Waals surface area contributed by atoms with Gasteiger partial charge in [0.05, 0.1) is 27.2 Å². The largest absolute Gasteiger partial charge is 0.242 e. The number of fused-ring (bicyclic) bond motifs is 1. The van der Waals surface area contributed by atoms with Crippen molar-refractivity contribution in [2.24, 2.45) is 5.92 Å². The maximum Gasteiger partial charge on any atom is 0.0907 e. The average Bonchev–Trinajstić information content (AvgIpc) is 2.65. The number of hydrogen-bond donors (Lipinski definition) is 0. The Morgan fingerprint density at radius 2 is 2.31 bits per heavy atom. The molecule has 2 rings (SSSR count). The molecule has 3 heteroatoms. The predicted molar refractivity (Wildman–Crippen MR) is 67.5 cm³/mol. The zero-order valence-electron chi connectivity index (χ0n) is 9.53. The second kappa shape index (κ2) is 4.63. The predicted octanol–water partition coefficient (Wildman–Crippen LogP) is 3.70. The first-order valence-corrected chi connectivity index (χ1v) is 6.30. The summed E-state index contributed by atoms with van der Waals surface area (Å²) in [5.74, 6) is 0.131. The van der Waals surface area contributed by atoms with Gasteiger partial charge in [0.15, 0.2) is 0 Å². The molecule has 0 N–H and O–H groups in total. The van der Waals surface area contributed by atoms with E-state index in [9.17, 15) is 0 Å². The summed E-state index contributed by atoms with van der Waals surface area (Å²) in [6.07, 6.45) is 1.76. The van der Waals surface area contributed by atoms with Crippen LogP contribution in [0.1, 0.15) is 23.9 Å². The monoisotopic (exact) mass is 230 g/mol. The van der Waals surface area contributed by atoms with Crippen LogP contribution in [0, 0.1) is 24.2 Å². The van der Waals surface area contributed by atoms with Crippen molar-refractivity contribution in [2.75, 3.05) is 0 Å². The molecule has 0 aliphatic heterocycles. The third-order valence-electron chi connectivity index (χ3n) is 2.72. The molecule has 0 spiro atoms. The molecule has 2 aromatic rings. The van der Waals surface area contributed by atoms with Crippen molar-refractivity contribution in [3.05, 3.63) is 28.8 Å². The van der Waals surface area contributed by atoms with E-state index in [1.54, 1.807) is 11.3 Å². The summed E-state index contributed by atoms with van der Waals surface area (Å²) in [7, 11) is 0. The fourth-order valence-electron chi connectivity index (χ4n) is 1.78. The lowest BCUT2D eigenvalue weighted by molar-refractivity contribution is 0.638. The summed E-state index contributed by atoms with van der Waals surface area (Å²) >= 11 is 1.71. The van der Waals surface area contributed by atoms with Gasteiger partial charge in [0.1, 0.15) is 0 Å². The molecular formula is C13H14N2S. The van der Waals surface area contributed by atoms with Crippen LogP contribution in [0.25, 0.3) is 10.2 Å². The van der Waals surface area contributed by atoms with Gasteiger partial charge in [-0.1, -0.05) is 13.0 Å². The van der Waals surface area contributed by atoms with Gasteiger partial charge in [0, 0.05) is 0 Å². The van der Waals surface area contributed by atoms with E-state index >= 15 is 0 Å². The molecule has 0 bridgehead atoms. The smallest absolute Gasteiger partial charge is 0.0907 e. The van der Waals surface area contributed by atoms with Gasteiger partial charge in [-0.2, -0.15) is 5.26 Å². The third kappa shape index (κ3) is 2.23. The van der Waals surface area contributed by atoms with E-state index in [2.05, 4.69) is 36.2 Å². The number of rotatable bonds is 3. The van der Waals surface area contributed by atoms with Crippen molar-refractivity contribution >= 4 is 21.6 Å². The second-order valence-corrected chi connectivity index (χ2v) is 5.21. The average molecular weight is 230 g/mol. The van der Waals surface area contributed by atoms with Crippen molar-refractivity contribution in [1.82, 2.24) is 4.98 Å². The number of aromatic nitrogens is 1. The van der Waals surface area contributed by atoms with Gasteiger partial charge in [-0.25, -0.2) is 4.98 Å². The molecule has 0 fully saturated rings. The Kier molecular flexibility index (Phi) is 3.21. The van der Waals surface area contributed by atoms with Crippen molar-refractivity contribution in [3.63, 3.8) is 0 Å². The number of benzene rings is 1. The second-order valence-electron chi connectivity index (χ2n) is 3.97. The molecule has 82 valence electrons. The zero-order chi connectivity index (χ0) is 11.5. The molecule has 0 amide bonds. The molecular weight excluding hydrogens is 216 g/mol. The molecule has 0 radical (unpaired) electrons. The van der Waals surface area contributed by atoms with Crippen LogP contribution >= 0.6 is 11.3 Å². The van der Waals surface area contributed by atoms with E-state index in [1.807, 2.05) is 6.92 Å². The SMILES string of the molecule is CCC(C#N)Cc1ccc2nc(C)sc2c1. The Morgan fingerprint density at radius 1 is 1.50 bits per heavy atom. The zero-order valence-corrected chi connectivity index (χ0v) is 10.3. The normalized spacial score (nSPS) is 12.6. The van der Waals surface area contributed by atoms with Gasteiger partial charge in [-0.15, -0.1) is 11.3 Å². The Morgan fingerprint density at radius 3 is 3.00 bits per heavy atom.